The molecule has 110 valence electrons. The maximum atomic E-state index is 12.4. The molecule has 2 aromatic carbocycles. The number of hydrogen-bond acceptors (Lipinski definition) is 3. The molecule has 0 unspecified atom stereocenters. The number of carbonyl (C=O) groups excluding carboxylic acids is 1. The number of nitrogens with zero attached hydrogens (tertiary/aromatic N) is 2. The average molecular weight is 313 g/mol. The van der Waals surface area contributed by atoms with Crippen molar-refractivity contribution in [2.75, 3.05) is 4.90 Å². The van der Waals surface area contributed by atoms with Gasteiger partial charge >= 0.3 is 0 Å². The molecular weight excluding hydrogens is 300 g/mol. The highest BCUT2D eigenvalue weighted by Crippen LogP contribution is 2.37. The van der Waals surface area contributed by atoms with Crippen molar-refractivity contribution < 1.29 is 9.53 Å². The smallest absolute Gasteiger partial charge is 0.268 e. The SMILES string of the molecule is C[C@H]1Oc2ccc(Cl)cc2N(Cc2ccc(C#N)cc2)C1=O. The van der Waals surface area contributed by atoms with Crippen molar-refractivity contribution in [2.45, 2.75) is 19.6 Å². The minimum absolute atomic E-state index is 0.112. The molecule has 1 heterocycles. The molecule has 0 radical (unpaired) electrons. The van der Waals surface area contributed by atoms with Gasteiger partial charge in [-0.25, -0.2) is 0 Å². The second kappa shape index (κ2) is 5.70. The van der Waals surface area contributed by atoms with Gasteiger partial charge in [0.2, 0.25) is 0 Å². The van der Waals surface area contributed by atoms with E-state index in [1.54, 1.807) is 42.2 Å². The van der Waals surface area contributed by atoms with Crippen LogP contribution in [0.1, 0.15) is 18.1 Å². The monoisotopic (exact) mass is 312 g/mol. The quantitative estimate of drug-likeness (QED) is 0.852. The molecule has 0 bridgehead atoms. The number of nitriles is 1. The Hall–Kier alpha value is -2.51. The standard InChI is InChI=1S/C17H13ClN2O2/c1-11-17(21)20(10-13-4-2-12(9-19)3-5-13)15-8-14(18)6-7-16(15)22-11/h2-8,11H,10H2,1H3/t11-/m1/s1. The lowest BCUT2D eigenvalue weighted by molar-refractivity contribution is -0.125. The minimum atomic E-state index is -0.535. The topological polar surface area (TPSA) is 53.3 Å². The first-order valence-corrected chi connectivity index (χ1v) is 7.23. The van der Waals surface area contributed by atoms with E-state index in [0.717, 1.165) is 5.56 Å². The summed E-state index contributed by atoms with van der Waals surface area (Å²) < 4.78 is 5.61. The highest BCUT2D eigenvalue weighted by molar-refractivity contribution is 6.31. The summed E-state index contributed by atoms with van der Waals surface area (Å²) in [6.45, 7) is 2.14. The van der Waals surface area contributed by atoms with Crippen molar-refractivity contribution in [2.24, 2.45) is 0 Å². The van der Waals surface area contributed by atoms with Crippen molar-refractivity contribution in [3.8, 4) is 11.8 Å². The maximum absolute atomic E-state index is 12.4. The van der Waals surface area contributed by atoms with Gasteiger partial charge in [0, 0.05) is 5.02 Å². The van der Waals surface area contributed by atoms with Gasteiger partial charge in [-0.3, -0.25) is 4.79 Å². The van der Waals surface area contributed by atoms with E-state index in [1.165, 1.54) is 0 Å². The molecule has 0 saturated heterocycles. The van der Waals surface area contributed by atoms with Crippen LogP contribution in [0.5, 0.6) is 5.75 Å². The summed E-state index contributed by atoms with van der Waals surface area (Å²) in [5.74, 6) is 0.532. The number of amides is 1. The molecule has 0 saturated carbocycles. The van der Waals surface area contributed by atoms with Crippen LogP contribution in [0.3, 0.4) is 0 Å². The Morgan fingerprint density at radius 2 is 2.00 bits per heavy atom. The summed E-state index contributed by atoms with van der Waals surface area (Å²) in [7, 11) is 0. The van der Waals surface area contributed by atoms with E-state index in [0.29, 0.717) is 28.6 Å². The second-order valence-corrected chi connectivity index (χ2v) is 5.54. The van der Waals surface area contributed by atoms with Crippen molar-refractivity contribution in [3.63, 3.8) is 0 Å². The Bertz CT molecular complexity index is 765. The third-order valence-electron chi connectivity index (χ3n) is 3.55. The average Bonchev–Trinajstić information content (AvgIpc) is 2.53. The highest BCUT2D eigenvalue weighted by atomic mass is 35.5. The fourth-order valence-corrected chi connectivity index (χ4v) is 2.58. The summed E-state index contributed by atoms with van der Waals surface area (Å²) in [6, 6.07) is 14.5. The number of benzene rings is 2. The predicted octanol–water partition coefficient (Wildman–Crippen LogP) is 3.53. The molecule has 4 nitrogen and oxygen atoms in total. The fourth-order valence-electron chi connectivity index (χ4n) is 2.41. The summed E-state index contributed by atoms with van der Waals surface area (Å²) >= 11 is 6.04. The molecule has 1 aliphatic heterocycles. The molecule has 22 heavy (non-hydrogen) atoms. The Labute approximate surface area is 133 Å². The zero-order valence-electron chi connectivity index (χ0n) is 11.9. The first-order valence-electron chi connectivity index (χ1n) is 6.85. The fraction of sp³-hybridized carbons (Fsp3) is 0.176. The van der Waals surface area contributed by atoms with Gasteiger partial charge in [-0.1, -0.05) is 23.7 Å². The lowest BCUT2D eigenvalue weighted by atomic mass is 10.1. The van der Waals surface area contributed by atoms with Gasteiger partial charge in [-0.2, -0.15) is 5.26 Å². The van der Waals surface area contributed by atoms with Crippen LogP contribution in [0.2, 0.25) is 5.02 Å². The van der Waals surface area contributed by atoms with Gasteiger partial charge in [-0.05, 0) is 42.8 Å². The van der Waals surface area contributed by atoms with Crippen molar-refractivity contribution in [3.05, 3.63) is 58.6 Å². The number of ether oxygens (including phenoxy) is 1. The molecule has 0 fully saturated rings. The van der Waals surface area contributed by atoms with E-state index in [1.807, 2.05) is 12.1 Å². The lowest BCUT2D eigenvalue weighted by Crippen LogP contribution is -2.43. The third-order valence-corrected chi connectivity index (χ3v) is 3.79. The van der Waals surface area contributed by atoms with E-state index >= 15 is 0 Å². The number of hydrogen-bond donors (Lipinski definition) is 0. The van der Waals surface area contributed by atoms with Crippen LogP contribution in [0, 0.1) is 11.3 Å². The molecule has 1 amide bonds. The van der Waals surface area contributed by atoms with Crippen LogP contribution in [-0.4, -0.2) is 12.0 Å². The largest absolute Gasteiger partial charge is 0.479 e. The zero-order valence-corrected chi connectivity index (χ0v) is 12.7. The van der Waals surface area contributed by atoms with E-state index in [2.05, 4.69) is 6.07 Å². The molecule has 0 aliphatic carbocycles. The van der Waals surface area contributed by atoms with Gasteiger partial charge in [0.1, 0.15) is 5.75 Å². The van der Waals surface area contributed by atoms with Crippen LogP contribution in [0.4, 0.5) is 5.69 Å². The summed E-state index contributed by atoms with van der Waals surface area (Å²) in [4.78, 5) is 14.1. The minimum Gasteiger partial charge on any atom is -0.479 e. The van der Waals surface area contributed by atoms with Gasteiger partial charge in [0.25, 0.3) is 5.91 Å². The van der Waals surface area contributed by atoms with Crippen LogP contribution < -0.4 is 9.64 Å². The Morgan fingerprint density at radius 3 is 2.68 bits per heavy atom. The summed E-state index contributed by atoms with van der Waals surface area (Å²) in [5, 5.41) is 9.39. The van der Waals surface area contributed by atoms with E-state index < -0.39 is 6.10 Å². The zero-order chi connectivity index (χ0) is 15.7. The molecule has 1 aliphatic rings. The normalized spacial score (nSPS) is 16.7. The molecule has 2 aromatic rings. The molecule has 5 heteroatoms. The van der Waals surface area contributed by atoms with Crippen LogP contribution in [0.25, 0.3) is 0 Å². The van der Waals surface area contributed by atoms with Gasteiger partial charge < -0.3 is 9.64 Å². The predicted molar refractivity (Wildman–Crippen MR) is 83.9 cm³/mol. The molecular formula is C17H13ClN2O2. The maximum Gasteiger partial charge on any atom is 0.268 e. The number of fused-ring (bicyclic) bond motifs is 1. The molecule has 3 rings (SSSR count). The van der Waals surface area contributed by atoms with E-state index in [9.17, 15) is 4.79 Å². The lowest BCUT2D eigenvalue weighted by Gasteiger charge is -2.33. The Kier molecular flexibility index (Phi) is 3.74. The van der Waals surface area contributed by atoms with Crippen molar-refractivity contribution in [1.82, 2.24) is 0 Å². The third kappa shape index (κ3) is 2.63. The van der Waals surface area contributed by atoms with E-state index in [4.69, 9.17) is 21.6 Å². The van der Waals surface area contributed by atoms with Crippen molar-refractivity contribution in [1.29, 1.82) is 5.26 Å². The second-order valence-electron chi connectivity index (χ2n) is 5.11. The van der Waals surface area contributed by atoms with Gasteiger partial charge in [-0.15, -0.1) is 0 Å². The molecule has 0 spiro atoms. The Morgan fingerprint density at radius 1 is 1.27 bits per heavy atom. The number of carbonyl (C=O) groups is 1. The van der Waals surface area contributed by atoms with Crippen LogP contribution in [-0.2, 0) is 11.3 Å². The highest BCUT2D eigenvalue weighted by Gasteiger charge is 2.31. The number of anilines is 1. The van der Waals surface area contributed by atoms with Crippen molar-refractivity contribution >= 4 is 23.2 Å². The summed E-state index contributed by atoms with van der Waals surface area (Å²) in [6.07, 6.45) is -0.535. The molecule has 0 aromatic heterocycles. The van der Waals surface area contributed by atoms with Crippen LogP contribution in [0.15, 0.2) is 42.5 Å². The molecule has 1 atom stereocenters. The first-order chi connectivity index (χ1) is 10.6. The number of rotatable bonds is 2. The van der Waals surface area contributed by atoms with Gasteiger partial charge in [0.15, 0.2) is 6.10 Å². The number of halogens is 1. The van der Waals surface area contributed by atoms with Gasteiger partial charge in [0.05, 0.1) is 23.9 Å². The first kappa shape index (κ1) is 14.4. The van der Waals surface area contributed by atoms with Crippen LogP contribution >= 0.6 is 11.6 Å². The summed E-state index contributed by atoms with van der Waals surface area (Å²) in [5.41, 5.74) is 2.20. The van der Waals surface area contributed by atoms with E-state index in [-0.39, 0.29) is 5.91 Å². The molecule has 0 N–H and O–H groups in total. The Balaban J connectivity index is 1.96.